The SMILES string of the molecule is CC1CCC(Nc2ccc(CN)cc2F)C1. The van der Waals surface area contributed by atoms with Crippen molar-refractivity contribution in [3.8, 4) is 0 Å². The number of halogens is 1. The Hall–Kier alpha value is -1.09. The van der Waals surface area contributed by atoms with Crippen LogP contribution in [0.4, 0.5) is 10.1 Å². The highest BCUT2D eigenvalue weighted by molar-refractivity contribution is 5.47. The maximum Gasteiger partial charge on any atom is 0.146 e. The number of benzene rings is 1. The minimum atomic E-state index is -0.192. The summed E-state index contributed by atoms with van der Waals surface area (Å²) in [5.41, 5.74) is 6.91. The Balaban J connectivity index is 2.04. The molecule has 0 bridgehead atoms. The van der Waals surface area contributed by atoms with E-state index in [4.69, 9.17) is 5.73 Å². The normalized spacial score (nSPS) is 24.7. The maximum absolute atomic E-state index is 13.7. The first kappa shape index (κ1) is 11.4. The van der Waals surface area contributed by atoms with E-state index in [1.807, 2.05) is 6.07 Å². The molecule has 1 aromatic rings. The van der Waals surface area contributed by atoms with Gasteiger partial charge in [0, 0.05) is 12.6 Å². The summed E-state index contributed by atoms with van der Waals surface area (Å²) in [5, 5.41) is 3.28. The molecule has 0 aromatic heterocycles. The number of nitrogens with one attached hydrogen (secondary N) is 1. The molecule has 16 heavy (non-hydrogen) atoms. The zero-order chi connectivity index (χ0) is 11.5. The Labute approximate surface area is 96.0 Å². The van der Waals surface area contributed by atoms with E-state index >= 15 is 0 Å². The molecule has 3 N–H and O–H groups in total. The smallest absolute Gasteiger partial charge is 0.146 e. The maximum atomic E-state index is 13.7. The van der Waals surface area contributed by atoms with Crippen LogP contribution in [0.25, 0.3) is 0 Å². The number of nitrogens with two attached hydrogens (primary N) is 1. The molecule has 2 rings (SSSR count). The largest absolute Gasteiger partial charge is 0.380 e. The van der Waals surface area contributed by atoms with Crippen LogP contribution in [0.15, 0.2) is 18.2 Å². The van der Waals surface area contributed by atoms with Crippen LogP contribution in [-0.4, -0.2) is 6.04 Å². The van der Waals surface area contributed by atoms with Crippen LogP contribution in [-0.2, 0) is 6.54 Å². The Morgan fingerprint density at radius 2 is 2.25 bits per heavy atom. The van der Waals surface area contributed by atoms with Crippen molar-refractivity contribution in [3.63, 3.8) is 0 Å². The molecule has 2 unspecified atom stereocenters. The van der Waals surface area contributed by atoms with E-state index in [1.165, 1.54) is 12.5 Å². The molecular formula is C13H19FN2. The quantitative estimate of drug-likeness (QED) is 0.825. The summed E-state index contributed by atoms with van der Waals surface area (Å²) < 4.78 is 13.7. The fourth-order valence-electron chi connectivity index (χ4n) is 2.36. The average molecular weight is 222 g/mol. The third-order valence-corrected chi connectivity index (χ3v) is 3.32. The number of hydrogen-bond donors (Lipinski definition) is 2. The topological polar surface area (TPSA) is 38.0 Å². The lowest BCUT2D eigenvalue weighted by Crippen LogP contribution is -2.16. The zero-order valence-electron chi connectivity index (χ0n) is 9.67. The summed E-state index contributed by atoms with van der Waals surface area (Å²) in [6.45, 7) is 2.63. The molecule has 0 spiro atoms. The van der Waals surface area contributed by atoms with E-state index in [-0.39, 0.29) is 5.82 Å². The van der Waals surface area contributed by atoms with Gasteiger partial charge in [0.15, 0.2) is 0 Å². The monoisotopic (exact) mass is 222 g/mol. The Kier molecular flexibility index (Phi) is 3.44. The van der Waals surface area contributed by atoms with Gasteiger partial charge in [0.2, 0.25) is 0 Å². The van der Waals surface area contributed by atoms with Gasteiger partial charge in [0.05, 0.1) is 5.69 Å². The van der Waals surface area contributed by atoms with E-state index in [2.05, 4.69) is 12.2 Å². The molecule has 0 aliphatic heterocycles. The summed E-state index contributed by atoms with van der Waals surface area (Å²) in [5.74, 6) is 0.561. The van der Waals surface area contributed by atoms with Crippen LogP contribution in [0.1, 0.15) is 31.7 Å². The molecule has 0 saturated heterocycles. The van der Waals surface area contributed by atoms with Crippen LogP contribution >= 0.6 is 0 Å². The summed E-state index contributed by atoms with van der Waals surface area (Å²) in [7, 11) is 0. The first-order valence-corrected chi connectivity index (χ1v) is 5.94. The molecule has 1 saturated carbocycles. The van der Waals surface area contributed by atoms with Crippen molar-refractivity contribution in [2.24, 2.45) is 11.7 Å². The van der Waals surface area contributed by atoms with Crippen molar-refractivity contribution in [2.75, 3.05) is 5.32 Å². The van der Waals surface area contributed by atoms with Gasteiger partial charge >= 0.3 is 0 Å². The summed E-state index contributed by atoms with van der Waals surface area (Å²) in [6.07, 6.45) is 3.51. The Morgan fingerprint density at radius 1 is 1.44 bits per heavy atom. The van der Waals surface area contributed by atoms with Gasteiger partial charge in [0.25, 0.3) is 0 Å². The second-order valence-corrected chi connectivity index (χ2v) is 4.78. The van der Waals surface area contributed by atoms with Crippen LogP contribution < -0.4 is 11.1 Å². The number of anilines is 1. The molecule has 2 atom stereocenters. The third-order valence-electron chi connectivity index (χ3n) is 3.32. The van der Waals surface area contributed by atoms with Gasteiger partial charge in [-0.15, -0.1) is 0 Å². The van der Waals surface area contributed by atoms with Crippen LogP contribution in [0.3, 0.4) is 0 Å². The van der Waals surface area contributed by atoms with Gasteiger partial charge < -0.3 is 11.1 Å². The second kappa shape index (κ2) is 4.83. The van der Waals surface area contributed by atoms with E-state index in [9.17, 15) is 4.39 Å². The van der Waals surface area contributed by atoms with Gasteiger partial charge in [-0.3, -0.25) is 0 Å². The molecule has 0 heterocycles. The lowest BCUT2D eigenvalue weighted by molar-refractivity contribution is 0.597. The number of hydrogen-bond acceptors (Lipinski definition) is 2. The van der Waals surface area contributed by atoms with Crippen molar-refractivity contribution in [1.29, 1.82) is 0 Å². The van der Waals surface area contributed by atoms with E-state index in [0.29, 0.717) is 18.3 Å². The highest BCUT2D eigenvalue weighted by atomic mass is 19.1. The van der Waals surface area contributed by atoms with Gasteiger partial charge in [-0.25, -0.2) is 4.39 Å². The van der Waals surface area contributed by atoms with Crippen LogP contribution in [0, 0.1) is 11.7 Å². The van der Waals surface area contributed by atoms with Gasteiger partial charge in [-0.05, 0) is 42.9 Å². The summed E-state index contributed by atoms with van der Waals surface area (Å²) in [4.78, 5) is 0. The molecule has 2 nitrogen and oxygen atoms in total. The molecular weight excluding hydrogens is 203 g/mol. The first-order chi connectivity index (χ1) is 7.69. The van der Waals surface area contributed by atoms with Crippen molar-refractivity contribution < 1.29 is 4.39 Å². The van der Waals surface area contributed by atoms with Crippen molar-refractivity contribution >= 4 is 5.69 Å². The molecule has 3 heteroatoms. The number of rotatable bonds is 3. The van der Waals surface area contributed by atoms with Crippen molar-refractivity contribution in [2.45, 2.75) is 38.8 Å². The first-order valence-electron chi connectivity index (χ1n) is 5.94. The highest BCUT2D eigenvalue weighted by Gasteiger charge is 2.21. The van der Waals surface area contributed by atoms with Crippen molar-refractivity contribution in [3.05, 3.63) is 29.6 Å². The van der Waals surface area contributed by atoms with Crippen LogP contribution in [0.5, 0.6) is 0 Å². The minimum Gasteiger partial charge on any atom is -0.380 e. The molecule has 1 aliphatic carbocycles. The van der Waals surface area contributed by atoms with Gasteiger partial charge in [0.1, 0.15) is 5.82 Å². The molecule has 0 amide bonds. The molecule has 1 aromatic carbocycles. The third kappa shape index (κ3) is 2.53. The lowest BCUT2D eigenvalue weighted by atomic mass is 10.1. The van der Waals surface area contributed by atoms with E-state index in [0.717, 1.165) is 24.3 Å². The molecule has 1 fully saturated rings. The minimum absolute atomic E-state index is 0.192. The summed E-state index contributed by atoms with van der Waals surface area (Å²) >= 11 is 0. The van der Waals surface area contributed by atoms with Gasteiger partial charge in [-0.1, -0.05) is 13.0 Å². The molecule has 1 aliphatic rings. The Bertz CT molecular complexity index is 365. The second-order valence-electron chi connectivity index (χ2n) is 4.78. The summed E-state index contributed by atoms with van der Waals surface area (Å²) in [6, 6.07) is 5.61. The molecule has 88 valence electrons. The fourth-order valence-corrected chi connectivity index (χ4v) is 2.36. The van der Waals surface area contributed by atoms with Crippen molar-refractivity contribution in [1.82, 2.24) is 0 Å². The predicted octanol–water partition coefficient (Wildman–Crippen LogP) is 2.88. The highest BCUT2D eigenvalue weighted by Crippen LogP contribution is 2.28. The average Bonchev–Trinajstić information content (AvgIpc) is 2.67. The lowest BCUT2D eigenvalue weighted by Gasteiger charge is -2.15. The fraction of sp³-hybridized carbons (Fsp3) is 0.538. The van der Waals surface area contributed by atoms with E-state index in [1.54, 1.807) is 6.07 Å². The standard InChI is InChI=1S/C13H19FN2/c1-9-2-4-11(6-9)16-13-5-3-10(8-15)7-12(13)14/h3,5,7,9,11,16H,2,4,6,8,15H2,1H3. The molecule has 0 radical (unpaired) electrons. The zero-order valence-corrected chi connectivity index (χ0v) is 9.67. The van der Waals surface area contributed by atoms with Gasteiger partial charge in [-0.2, -0.15) is 0 Å². The Morgan fingerprint density at radius 3 is 2.81 bits per heavy atom. The predicted molar refractivity (Wildman–Crippen MR) is 64.7 cm³/mol. The van der Waals surface area contributed by atoms with Crippen LogP contribution in [0.2, 0.25) is 0 Å². The van der Waals surface area contributed by atoms with E-state index < -0.39 is 0 Å².